The summed E-state index contributed by atoms with van der Waals surface area (Å²) in [6.07, 6.45) is 0. The van der Waals surface area contributed by atoms with Crippen LogP contribution in [0.2, 0.25) is 0 Å². The predicted molar refractivity (Wildman–Crippen MR) is 228 cm³/mol. The summed E-state index contributed by atoms with van der Waals surface area (Å²) in [5.41, 5.74) is 7.70. The van der Waals surface area contributed by atoms with Crippen LogP contribution in [0.1, 0.15) is 11.1 Å². The lowest BCUT2D eigenvalue weighted by Crippen LogP contribution is -2.74. The predicted octanol–water partition coefficient (Wildman–Crippen LogP) is 9.00. The number of fused-ring (bicyclic) bond motifs is 6. The Labute approximate surface area is 319 Å². The van der Waals surface area contributed by atoms with Crippen LogP contribution in [0.5, 0.6) is 0 Å². The van der Waals surface area contributed by atoms with Crippen molar-refractivity contribution in [3.8, 4) is 23.5 Å². The van der Waals surface area contributed by atoms with Gasteiger partial charge in [-0.05, 0) is 93.5 Å². The maximum atomic E-state index is 9.74. The average molecular weight is 717 g/mol. The maximum Gasteiger partial charge on any atom is 0.179 e. The SMILES string of the molecule is N#Cc1ccc2c(c1)c1cc(C#N)ccc1n2-c1ccc([Si](c2ccccc2)(c2ccccc2)c2ccc3c(c2)c2ccccc2n3-c2ccccc2)cc1. The van der Waals surface area contributed by atoms with E-state index in [0.717, 1.165) is 33.2 Å². The van der Waals surface area contributed by atoms with E-state index in [4.69, 9.17) is 0 Å². The third-order valence-corrected chi connectivity index (χ3v) is 15.9. The van der Waals surface area contributed by atoms with Gasteiger partial charge >= 0.3 is 0 Å². The summed E-state index contributed by atoms with van der Waals surface area (Å²) < 4.78 is 4.62. The van der Waals surface area contributed by atoms with Crippen LogP contribution in [0.15, 0.2) is 194 Å². The zero-order valence-electron chi connectivity index (χ0n) is 29.8. The third-order valence-electron chi connectivity index (χ3n) is 11.1. The Morgan fingerprint density at radius 3 is 1.27 bits per heavy atom. The van der Waals surface area contributed by atoms with Crippen molar-refractivity contribution in [1.82, 2.24) is 9.13 Å². The van der Waals surface area contributed by atoms with Crippen LogP contribution < -0.4 is 20.7 Å². The van der Waals surface area contributed by atoms with Gasteiger partial charge in [-0.1, -0.05) is 121 Å². The number of nitriles is 2. The van der Waals surface area contributed by atoms with Crippen molar-refractivity contribution in [1.29, 1.82) is 10.5 Å². The number of rotatable bonds is 6. The van der Waals surface area contributed by atoms with Crippen molar-refractivity contribution >= 4 is 72.4 Å². The highest BCUT2D eigenvalue weighted by molar-refractivity contribution is 7.20. The summed E-state index contributed by atoms with van der Waals surface area (Å²) in [4.78, 5) is 0. The van der Waals surface area contributed by atoms with Crippen LogP contribution in [0.3, 0.4) is 0 Å². The van der Waals surface area contributed by atoms with Crippen molar-refractivity contribution < 1.29 is 0 Å². The van der Waals surface area contributed by atoms with E-state index in [1.165, 1.54) is 42.6 Å². The molecular weight excluding hydrogens is 685 g/mol. The Morgan fingerprint density at radius 1 is 0.327 bits per heavy atom. The normalized spacial score (nSPS) is 11.6. The largest absolute Gasteiger partial charge is 0.309 e. The number of hydrogen-bond acceptors (Lipinski definition) is 2. The Kier molecular flexibility index (Phi) is 7.56. The first-order valence-electron chi connectivity index (χ1n) is 18.4. The Balaban J connectivity index is 1.24. The lowest BCUT2D eigenvalue weighted by Gasteiger charge is -2.34. The van der Waals surface area contributed by atoms with Gasteiger partial charge in [-0.25, -0.2) is 0 Å². The van der Waals surface area contributed by atoms with Gasteiger partial charge in [-0.15, -0.1) is 0 Å². The minimum absolute atomic E-state index is 0.592. The summed E-state index contributed by atoms with van der Waals surface area (Å²) in [7, 11) is -2.91. The van der Waals surface area contributed by atoms with Gasteiger partial charge in [0.1, 0.15) is 0 Å². The Bertz CT molecular complexity index is 3040. The van der Waals surface area contributed by atoms with Gasteiger partial charge in [-0.3, -0.25) is 0 Å². The molecule has 55 heavy (non-hydrogen) atoms. The molecule has 0 unspecified atom stereocenters. The lowest BCUT2D eigenvalue weighted by atomic mass is 10.1. The molecule has 5 heteroatoms. The third kappa shape index (κ3) is 4.96. The van der Waals surface area contributed by atoms with Gasteiger partial charge in [0.05, 0.1) is 45.3 Å². The molecule has 0 saturated carbocycles. The second-order valence-electron chi connectivity index (χ2n) is 14.0. The first-order valence-corrected chi connectivity index (χ1v) is 20.4. The molecule has 0 aliphatic carbocycles. The number of para-hydroxylation sites is 2. The molecule has 0 fully saturated rings. The molecule has 2 heterocycles. The van der Waals surface area contributed by atoms with Gasteiger partial charge in [0, 0.05) is 32.9 Å². The quantitative estimate of drug-likeness (QED) is 0.127. The second kappa shape index (κ2) is 12.9. The summed E-state index contributed by atoms with van der Waals surface area (Å²) in [5, 5.41) is 29.1. The number of aromatic nitrogens is 2. The van der Waals surface area contributed by atoms with Crippen molar-refractivity contribution in [2.75, 3.05) is 0 Å². The van der Waals surface area contributed by atoms with Crippen molar-refractivity contribution in [3.05, 3.63) is 205 Å². The van der Waals surface area contributed by atoms with E-state index >= 15 is 0 Å². The van der Waals surface area contributed by atoms with E-state index < -0.39 is 8.07 Å². The molecule has 2 aromatic heterocycles. The standard InChI is InChI=1S/C50H32N4Si/c51-33-35-20-27-48-44(30-35)45-31-36(34-52)21-28-49(45)54(48)38-22-24-41(25-23-38)55(39-14-6-2-7-15-39,40-16-8-3-9-17-40)42-26-29-50-46(32-42)43-18-10-11-19-47(43)53(50)37-12-4-1-5-13-37/h1-32H. The second-order valence-corrected chi connectivity index (χ2v) is 17.8. The monoisotopic (exact) mass is 716 g/mol. The molecule has 0 atom stereocenters. The van der Waals surface area contributed by atoms with Gasteiger partial charge in [0.15, 0.2) is 8.07 Å². The Hall–Kier alpha value is -7.44. The maximum absolute atomic E-state index is 9.74. The highest BCUT2D eigenvalue weighted by atomic mass is 28.3. The molecule has 0 amide bonds. The fourth-order valence-electron chi connectivity index (χ4n) is 8.74. The number of nitrogens with zero attached hydrogens (tertiary/aromatic N) is 4. The molecule has 0 spiro atoms. The summed E-state index contributed by atoms with van der Waals surface area (Å²) in [5.74, 6) is 0. The van der Waals surface area contributed by atoms with Gasteiger partial charge < -0.3 is 9.13 Å². The zero-order valence-corrected chi connectivity index (χ0v) is 30.8. The molecule has 0 bridgehead atoms. The average Bonchev–Trinajstić information content (AvgIpc) is 3.77. The Morgan fingerprint density at radius 2 is 0.727 bits per heavy atom. The molecule has 0 N–H and O–H groups in total. The molecule has 0 aliphatic rings. The van der Waals surface area contributed by atoms with Crippen molar-refractivity contribution in [2.24, 2.45) is 0 Å². The van der Waals surface area contributed by atoms with E-state index in [0.29, 0.717) is 11.1 Å². The first-order chi connectivity index (χ1) is 27.2. The van der Waals surface area contributed by atoms with Gasteiger partial charge in [0.25, 0.3) is 0 Å². The van der Waals surface area contributed by atoms with E-state index in [1.807, 2.05) is 36.4 Å². The van der Waals surface area contributed by atoms with Crippen LogP contribution in [0, 0.1) is 22.7 Å². The molecule has 10 rings (SSSR count). The summed E-state index contributed by atoms with van der Waals surface area (Å²) in [6.45, 7) is 0. The van der Waals surface area contributed by atoms with E-state index in [2.05, 4.69) is 179 Å². The fourth-order valence-corrected chi connectivity index (χ4v) is 13.5. The molecule has 0 saturated heterocycles. The minimum atomic E-state index is -2.91. The van der Waals surface area contributed by atoms with Crippen molar-refractivity contribution in [2.45, 2.75) is 0 Å². The van der Waals surface area contributed by atoms with Gasteiger partial charge in [0.2, 0.25) is 0 Å². The van der Waals surface area contributed by atoms with Crippen molar-refractivity contribution in [3.63, 3.8) is 0 Å². The van der Waals surface area contributed by atoms with Crippen LogP contribution in [-0.4, -0.2) is 17.2 Å². The number of benzene rings is 8. The minimum Gasteiger partial charge on any atom is -0.309 e. The topological polar surface area (TPSA) is 57.4 Å². The smallest absolute Gasteiger partial charge is 0.179 e. The van der Waals surface area contributed by atoms with E-state index in [1.54, 1.807) is 0 Å². The molecule has 0 aliphatic heterocycles. The first kappa shape index (κ1) is 32.2. The van der Waals surface area contributed by atoms with Crippen LogP contribution >= 0.6 is 0 Å². The molecular formula is C50H32N4Si. The molecule has 0 radical (unpaired) electrons. The summed E-state index contributed by atoms with van der Waals surface area (Å²) in [6, 6.07) is 73.9. The van der Waals surface area contributed by atoms with Crippen LogP contribution in [-0.2, 0) is 0 Å². The highest BCUT2D eigenvalue weighted by Crippen LogP contribution is 2.34. The highest BCUT2D eigenvalue weighted by Gasteiger charge is 2.41. The van der Waals surface area contributed by atoms with E-state index in [9.17, 15) is 10.5 Å². The molecule has 4 nitrogen and oxygen atoms in total. The fraction of sp³-hybridized carbons (Fsp3) is 0. The number of hydrogen-bond donors (Lipinski definition) is 0. The zero-order chi connectivity index (χ0) is 36.9. The van der Waals surface area contributed by atoms with Crippen LogP contribution in [0.25, 0.3) is 55.0 Å². The molecule has 256 valence electrons. The summed E-state index contributed by atoms with van der Waals surface area (Å²) >= 11 is 0. The molecule has 8 aromatic carbocycles. The van der Waals surface area contributed by atoms with E-state index in [-0.39, 0.29) is 0 Å². The van der Waals surface area contributed by atoms with Gasteiger partial charge in [-0.2, -0.15) is 10.5 Å². The van der Waals surface area contributed by atoms with Crippen LogP contribution in [0.4, 0.5) is 0 Å². The molecule has 10 aromatic rings. The lowest BCUT2D eigenvalue weighted by molar-refractivity contribution is 1.18.